The number of halogens is 1. The van der Waals surface area contributed by atoms with Crippen molar-refractivity contribution in [1.29, 1.82) is 0 Å². The zero-order valence-electron chi connectivity index (χ0n) is 11.0. The first-order valence-electron chi connectivity index (χ1n) is 6.87. The molecule has 1 aromatic carbocycles. The number of fused-ring (bicyclic) bond motifs is 1. The van der Waals surface area contributed by atoms with Gasteiger partial charge in [0, 0.05) is 17.0 Å². The van der Waals surface area contributed by atoms with E-state index in [1.165, 1.54) is 22.4 Å². The van der Waals surface area contributed by atoms with Gasteiger partial charge in [0.2, 0.25) is 0 Å². The normalized spacial score (nSPS) is 19.4. The van der Waals surface area contributed by atoms with E-state index in [0.29, 0.717) is 12.1 Å². The highest BCUT2D eigenvalue weighted by atomic mass is 35.5. The zero-order valence-corrected chi connectivity index (χ0v) is 12.6. The fourth-order valence-electron chi connectivity index (χ4n) is 2.88. The minimum Gasteiger partial charge on any atom is -0.303 e. The van der Waals surface area contributed by atoms with E-state index in [1.54, 1.807) is 11.3 Å². The Bertz CT molecular complexity index is 549. The van der Waals surface area contributed by atoms with Crippen molar-refractivity contribution in [2.45, 2.75) is 38.3 Å². The van der Waals surface area contributed by atoms with Gasteiger partial charge in [0.05, 0.1) is 4.34 Å². The number of hydrogen-bond acceptors (Lipinski definition) is 2. The van der Waals surface area contributed by atoms with E-state index in [1.807, 2.05) is 0 Å². The highest BCUT2D eigenvalue weighted by Crippen LogP contribution is 2.40. The standard InChI is InChI=1S/C16H18ClNS/c1-2-13(11-6-4-3-5-7-11)18-14-8-9-15-12(14)10-16(17)19-15/h3-7,10,13-14,18H,2,8-9H2,1H3. The second-order valence-electron chi connectivity index (χ2n) is 5.06. The van der Waals surface area contributed by atoms with Gasteiger partial charge in [-0.25, -0.2) is 0 Å². The topological polar surface area (TPSA) is 12.0 Å². The number of benzene rings is 1. The average Bonchev–Trinajstić information content (AvgIpc) is 2.97. The maximum Gasteiger partial charge on any atom is 0.0934 e. The van der Waals surface area contributed by atoms with Gasteiger partial charge in [-0.3, -0.25) is 0 Å². The molecule has 2 atom stereocenters. The van der Waals surface area contributed by atoms with E-state index in [0.717, 1.165) is 17.2 Å². The first-order valence-corrected chi connectivity index (χ1v) is 8.06. The Kier molecular flexibility index (Phi) is 3.92. The second kappa shape index (κ2) is 5.66. The molecule has 1 N–H and O–H groups in total. The lowest BCUT2D eigenvalue weighted by molar-refractivity contribution is 0.433. The highest BCUT2D eigenvalue weighted by Gasteiger charge is 2.26. The van der Waals surface area contributed by atoms with Gasteiger partial charge in [-0.15, -0.1) is 11.3 Å². The van der Waals surface area contributed by atoms with Crippen molar-refractivity contribution in [2.24, 2.45) is 0 Å². The molecule has 0 radical (unpaired) electrons. The summed E-state index contributed by atoms with van der Waals surface area (Å²) in [5.41, 5.74) is 2.80. The summed E-state index contributed by atoms with van der Waals surface area (Å²) in [6, 6.07) is 13.7. The third-order valence-corrected chi connectivity index (χ3v) is 5.20. The third-order valence-electron chi connectivity index (χ3n) is 3.86. The van der Waals surface area contributed by atoms with Crippen LogP contribution in [0.1, 0.15) is 47.9 Å². The Morgan fingerprint density at radius 3 is 2.89 bits per heavy atom. The van der Waals surface area contributed by atoms with E-state index in [9.17, 15) is 0 Å². The monoisotopic (exact) mass is 291 g/mol. The minimum atomic E-state index is 0.427. The number of aryl methyl sites for hydroxylation is 1. The van der Waals surface area contributed by atoms with Gasteiger partial charge in [-0.1, -0.05) is 48.9 Å². The molecule has 1 aliphatic rings. The van der Waals surface area contributed by atoms with Crippen LogP contribution in [-0.4, -0.2) is 0 Å². The predicted octanol–water partition coefficient (Wildman–Crippen LogP) is 5.13. The lowest BCUT2D eigenvalue weighted by Crippen LogP contribution is -2.24. The van der Waals surface area contributed by atoms with Crippen LogP contribution in [0.4, 0.5) is 0 Å². The largest absolute Gasteiger partial charge is 0.303 e. The van der Waals surface area contributed by atoms with Crippen LogP contribution in [0.5, 0.6) is 0 Å². The average molecular weight is 292 g/mol. The molecule has 2 aromatic rings. The third kappa shape index (κ3) is 2.71. The maximum absolute atomic E-state index is 6.12. The lowest BCUT2D eigenvalue weighted by atomic mass is 10.0. The summed E-state index contributed by atoms with van der Waals surface area (Å²) in [4.78, 5) is 1.46. The minimum absolute atomic E-state index is 0.427. The Hall–Kier alpha value is -0.830. The molecule has 1 aliphatic carbocycles. The van der Waals surface area contributed by atoms with E-state index < -0.39 is 0 Å². The molecule has 0 fully saturated rings. The van der Waals surface area contributed by atoms with E-state index in [2.05, 4.69) is 48.6 Å². The van der Waals surface area contributed by atoms with Crippen molar-refractivity contribution in [3.05, 3.63) is 56.7 Å². The Labute approximate surface area is 123 Å². The lowest BCUT2D eigenvalue weighted by Gasteiger charge is -2.22. The van der Waals surface area contributed by atoms with Crippen LogP contribution in [0.15, 0.2) is 36.4 Å². The number of thiophene rings is 1. The molecule has 2 unspecified atom stereocenters. The Balaban J connectivity index is 1.78. The van der Waals surface area contributed by atoms with Gasteiger partial charge in [-0.2, -0.15) is 0 Å². The summed E-state index contributed by atoms with van der Waals surface area (Å²) in [5, 5.41) is 3.80. The molecule has 100 valence electrons. The number of nitrogens with one attached hydrogen (secondary N) is 1. The van der Waals surface area contributed by atoms with E-state index in [4.69, 9.17) is 11.6 Å². The summed E-state index contributed by atoms with van der Waals surface area (Å²) < 4.78 is 0.921. The van der Waals surface area contributed by atoms with Crippen molar-refractivity contribution in [3.8, 4) is 0 Å². The molecule has 0 saturated heterocycles. The molecular weight excluding hydrogens is 274 g/mol. The predicted molar refractivity (Wildman–Crippen MR) is 83.0 cm³/mol. The van der Waals surface area contributed by atoms with Crippen molar-refractivity contribution < 1.29 is 0 Å². The van der Waals surface area contributed by atoms with Gasteiger partial charge in [0.25, 0.3) is 0 Å². The van der Waals surface area contributed by atoms with E-state index >= 15 is 0 Å². The molecule has 0 bridgehead atoms. The number of rotatable bonds is 4. The molecule has 1 heterocycles. The molecule has 1 aromatic heterocycles. The van der Waals surface area contributed by atoms with Gasteiger partial charge in [-0.05, 0) is 36.5 Å². The fraction of sp³-hybridized carbons (Fsp3) is 0.375. The Morgan fingerprint density at radius 1 is 1.37 bits per heavy atom. The number of hydrogen-bond donors (Lipinski definition) is 1. The van der Waals surface area contributed by atoms with Gasteiger partial charge in [0.1, 0.15) is 0 Å². The van der Waals surface area contributed by atoms with Crippen molar-refractivity contribution in [2.75, 3.05) is 0 Å². The van der Waals surface area contributed by atoms with Crippen molar-refractivity contribution in [1.82, 2.24) is 5.32 Å². The van der Waals surface area contributed by atoms with E-state index in [-0.39, 0.29) is 0 Å². The smallest absolute Gasteiger partial charge is 0.0934 e. The summed E-state index contributed by atoms with van der Waals surface area (Å²) >= 11 is 7.86. The Morgan fingerprint density at radius 2 is 2.16 bits per heavy atom. The SMILES string of the molecule is CCC(NC1CCc2sc(Cl)cc21)c1ccccc1. The molecular formula is C16H18ClNS. The quantitative estimate of drug-likeness (QED) is 0.823. The molecule has 3 heteroatoms. The van der Waals surface area contributed by atoms with Gasteiger partial charge in [0.15, 0.2) is 0 Å². The molecule has 0 aliphatic heterocycles. The molecule has 0 saturated carbocycles. The van der Waals surface area contributed by atoms with Gasteiger partial charge >= 0.3 is 0 Å². The van der Waals surface area contributed by atoms with Crippen LogP contribution in [0.2, 0.25) is 4.34 Å². The summed E-state index contributed by atoms with van der Waals surface area (Å²) in [6.07, 6.45) is 3.46. The molecule has 0 amide bonds. The first kappa shape index (κ1) is 13.2. The molecule has 0 spiro atoms. The van der Waals surface area contributed by atoms with Crippen molar-refractivity contribution >= 4 is 22.9 Å². The van der Waals surface area contributed by atoms with Crippen LogP contribution in [0.3, 0.4) is 0 Å². The van der Waals surface area contributed by atoms with Gasteiger partial charge < -0.3 is 5.32 Å². The van der Waals surface area contributed by atoms with Crippen LogP contribution >= 0.6 is 22.9 Å². The van der Waals surface area contributed by atoms with Crippen LogP contribution in [0, 0.1) is 0 Å². The first-order chi connectivity index (χ1) is 9.28. The second-order valence-corrected chi connectivity index (χ2v) is 6.83. The maximum atomic E-state index is 6.12. The fourth-order valence-corrected chi connectivity index (χ4v) is 4.24. The summed E-state index contributed by atoms with van der Waals surface area (Å²) in [7, 11) is 0. The summed E-state index contributed by atoms with van der Waals surface area (Å²) in [6.45, 7) is 2.24. The molecule has 3 rings (SSSR count). The van der Waals surface area contributed by atoms with Crippen molar-refractivity contribution in [3.63, 3.8) is 0 Å². The zero-order chi connectivity index (χ0) is 13.2. The summed E-state index contributed by atoms with van der Waals surface area (Å²) in [5.74, 6) is 0. The van der Waals surface area contributed by atoms with Crippen LogP contribution < -0.4 is 5.32 Å². The molecule has 19 heavy (non-hydrogen) atoms. The van der Waals surface area contributed by atoms with Crippen LogP contribution in [-0.2, 0) is 6.42 Å². The highest BCUT2D eigenvalue weighted by molar-refractivity contribution is 7.16. The molecule has 1 nitrogen and oxygen atoms in total. The van der Waals surface area contributed by atoms with Crippen LogP contribution in [0.25, 0.3) is 0 Å².